The number of H-pyrrole nitrogens is 1. The van der Waals surface area contributed by atoms with Gasteiger partial charge in [0.05, 0.1) is 33.4 Å². The van der Waals surface area contributed by atoms with Gasteiger partial charge in [-0.05, 0) is 41.2 Å². The summed E-state index contributed by atoms with van der Waals surface area (Å²) >= 11 is 0. The van der Waals surface area contributed by atoms with Gasteiger partial charge in [-0.2, -0.15) is 0 Å². The van der Waals surface area contributed by atoms with Crippen LogP contribution in [0.2, 0.25) is 0 Å². The molecule has 43 heavy (non-hydrogen) atoms. The van der Waals surface area contributed by atoms with Crippen LogP contribution in [0.4, 0.5) is 0 Å². The van der Waals surface area contributed by atoms with Crippen LogP contribution in [-0.4, -0.2) is 32.2 Å². The number of para-hydroxylation sites is 1. The Kier molecular flexibility index (Phi) is 8.18. The molecule has 0 saturated heterocycles. The van der Waals surface area contributed by atoms with Crippen molar-refractivity contribution in [3.63, 3.8) is 0 Å². The van der Waals surface area contributed by atoms with Gasteiger partial charge in [0, 0.05) is 40.6 Å². The summed E-state index contributed by atoms with van der Waals surface area (Å²) in [4.78, 5) is 17.5. The van der Waals surface area contributed by atoms with Crippen LogP contribution in [0, 0.1) is 5.92 Å². The number of benzene rings is 4. The molecule has 0 aliphatic heterocycles. The predicted octanol–water partition coefficient (Wildman–Crippen LogP) is 7.37. The quantitative estimate of drug-likeness (QED) is 0.181. The molecule has 4 aromatic carbocycles. The van der Waals surface area contributed by atoms with Crippen molar-refractivity contribution in [3.05, 3.63) is 125 Å². The summed E-state index contributed by atoms with van der Waals surface area (Å²) in [5, 5.41) is 4.36. The lowest BCUT2D eigenvalue weighted by Gasteiger charge is -2.29. The van der Waals surface area contributed by atoms with Crippen LogP contribution in [0.15, 0.2) is 91.0 Å². The molecule has 1 aliphatic rings. The third-order valence-corrected chi connectivity index (χ3v) is 8.40. The van der Waals surface area contributed by atoms with E-state index in [9.17, 15) is 4.79 Å². The van der Waals surface area contributed by atoms with Gasteiger partial charge in [0.1, 0.15) is 17.2 Å². The van der Waals surface area contributed by atoms with Crippen molar-refractivity contribution in [3.8, 4) is 17.2 Å². The minimum absolute atomic E-state index is 0.0169. The van der Waals surface area contributed by atoms with Crippen LogP contribution in [0.3, 0.4) is 0 Å². The summed E-state index contributed by atoms with van der Waals surface area (Å²) < 4.78 is 16.6. The minimum Gasteiger partial charge on any atom is -0.496 e. The molecule has 1 heterocycles. The standard InChI is InChI=1S/C37H36N2O4/c1-41-28-21-34(42-2)32(35(22-28)43-3)23-38-37(40)27-19-30(36-31(20-27)29-11-7-8-12-33(29)39-36)26-17-15-25(16-18-26)14-13-24-9-5-4-6-10-24/h4-18,21-22,27,30,39H,19-20,23H2,1-3H3,(H,38,40)/b14-13+. The van der Waals surface area contributed by atoms with Crippen LogP contribution < -0.4 is 19.5 Å². The van der Waals surface area contributed by atoms with E-state index in [0.717, 1.165) is 16.6 Å². The van der Waals surface area contributed by atoms with Crippen LogP contribution in [0.1, 0.15) is 45.8 Å². The van der Waals surface area contributed by atoms with Gasteiger partial charge < -0.3 is 24.5 Å². The number of hydrogen-bond acceptors (Lipinski definition) is 4. The molecule has 0 bridgehead atoms. The number of rotatable bonds is 9. The van der Waals surface area contributed by atoms with Crippen LogP contribution >= 0.6 is 0 Å². The number of ether oxygens (including phenoxy) is 3. The van der Waals surface area contributed by atoms with E-state index in [1.807, 2.05) is 24.3 Å². The molecule has 1 amide bonds. The van der Waals surface area contributed by atoms with Gasteiger partial charge in [0.2, 0.25) is 5.91 Å². The van der Waals surface area contributed by atoms with Gasteiger partial charge in [-0.15, -0.1) is 0 Å². The zero-order chi connectivity index (χ0) is 29.8. The summed E-state index contributed by atoms with van der Waals surface area (Å²) in [5.41, 5.74) is 7.81. The second kappa shape index (κ2) is 12.5. The zero-order valence-electron chi connectivity index (χ0n) is 24.7. The van der Waals surface area contributed by atoms with Gasteiger partial charge in [-0.1, -0.05) is 84.9 Å². The van der Waals surface area contributed by atoms with Gasteiger partial charge in [-0.3, -0.25) is 4.79 Å². The van der Waals surface area contributed by atoms with E-state index < -0.39 is 0 Å². The highest BCUT2D eigenvalue weighted by Crippen LogP contribution is 2.42. The Labute approximate surface area is 252 Å². The first-order valence-electron chi connectivity index (χ1n) is 14.6. The van der Waals surface area contributed by atoms with Gasteiger partial charge in [0.25, 0.3) is 0 Å². The zero-order valence-corrected chi connectivity index (χ0v) is 24.7. The molecule has 6 rings (SSSR count). The number of carbonyl (C=O) groups is 1. The molecule has 1 aliphatic carbocycles. The average molecular weight is 573 g/mol. The van der Waals surface area contributed by atoms with E-state index in [1.165, 1.54) is 27.8 Å². The Morgan fingerprint density at radius 3 is 2.16 bits per heavy atom. The van der Waals surface area contributed by atoms with Crippen molar-refractivity contribution in [1.29, 1.82) is 0 Å². The summed E-state index contributed by atoms with van der Waals surface area (Å²) in [7, 11) is 4.81. The van der Waals surface area contributed by atoms with E-state index >= 15 is 0 Å². The molecule has 2 unspecified atom stereocenters. The van der Waals surface area contributed by atoms with Crippen molar-refractivity contribution >= 4 is 29.0 Å². The maximum atomic E-state index is 13.8. The second-order valence-corrected chi connectivity index (χ2v) is 10.9. The monoisotopic (exact) mass is 572 g/mol. The molecular weight excluding hydrogens is 536 g/mol. The van der Waals surface area contributed by atoms with Crippen molar-refractivity contribution in [2.24, 2.45) is 5.92 Å². The molecule has 0 fully saturated rings. The number of nitrogens with one attached hydrogen (secondary N) is 2. The second-order valence-electron chi connectivity index (χ2n) is 10.9. The van der Waals surface area contributed by atoms with Crippen LogP contribution in [0.25, 0.3) is 23.1 Å². The molecule has 0 radical (unpaired) electrons. The lowest BCUT2D eigenvalue weighted by molar-refractivity contribution is -0.125. The van der Waals surface area contributed by atoms with Crippen molar-refractivity contribution in [2.45, 2.75) is 25.3 Å². The summed E-state index contributed by atoms with van der Waals surface area (Å²) in [6.07, 6.45) is 5.64. The summed E-state index contributed by atoms with van der Waals surface area (Å²) in [5.74, 6) is 1.75. The Morgan fingerprint density at radius 2 is 1.49 bits per heavy atom. The fourth-order valence-electron chi connectivity index (χ4n) is 6.14. The number of carbonyl (C=O) groups excluding carboxylic acids is 1. The first-order chi connectivity index (χ1) is 21.1. The van der Waals surface area contributed by atoms with Crippen LogP contribution in [-0.2, 0) is 17.8 Å². The molecule has 0 spiro atoms. The topological polar surface area (TPSA) is 72.6 Å². The van der Waals surface area contributed by atoms with E-state index in [4.69, 9.17) is 14.2 Å². The molecule has 1 aromatic heterocycles. The lowest BCUT2D eigenvalue weighted by Crippen LogP contribution is -2.35. The fourth-order valence-corrected chi connectivity index (χ4v) is 6.14. The Balaban J connectivity index is 1.26. The number of amides is 1. The van der Waals surface area contributed by atoms with Gasteiger partial charge >= 0.3 is 0 Å². The Morgan fingerprint density at radius 1 is 0.837 bits per heavy atom. The Hall–Kier alpha value is -4.97. The maximum absolute atomic E-state index is 13.8. The SMILES string of the molecule is COc1cc(OC)c(CNC(=O)C2Cc3c([nH]c4ccccc34)C(c3ccc(/C=C/c4ccccc4)cc3)C2)c(OC)c1. The highest BCUT2D eigenvalue weighted by molar-refractivity contribution is 5.87. The van der Waals surface area contributed by atoms with Crippen molar-refractivity contribution in [1.82, 2.24) is 10.3 Å². The van der Waals surface area contributed by atoms with Gasteiger partial charge in [-0.25, -0.2) is 0 Å². The number of hydrogen-bond donors (Lipinski definition) is 2. The molecule has 2 atom stereocenters. The largest absolute Gasteiger partial charge is 0.496 e. The highest BCUT2D eigenvalue weighted by atomic mass is 16.5. The summed E-state index contributed by atoms with van der Waals surface area (Å²) in [6.45, 7) is 0.291. The molecule has 6 heteroatoms. The predicted molar refractivity (Wildman–Crippen MR) is 172 cm³/mol. The molecule has 2 N–H and O–H groups in total. The first kappa shape index (κ1) is 28.2. The molecule has 6 nitrogen and oxygen atoms in total. The van der Waals surface area contributed by atoms with Gasteiger partial charge in [0.15, 0.2) is 0 Å². The minimum atomic E-state index is -0.190. The molecule has 0 saturated carbocycles. The number of aromatic amines is 1. The highest BCUT2D eigenvalue weighted by Gasteiger charge is 2.34. The smallest absolute Gasteiger partial charge is 0.223 e. The van der Waals surface area contributed by atoms with Crippen molar-refractivity contribution < 1.29 is 19.0 Å². The third kappa shape index (κ3) is 5.86. The molecule has 5 aromatic rings. The van der Waals surface area contributed by atoms with Crippen LogP contribution in [0.5, 0.6) is 17.2 Å². The van der Waals surface area contributed by atoms with E-state index in [-0.39, 0.29) is 17.7 Å². The maximum Gasteiger partial charge on any atom is 0.223 e. The van der Waals surface area contributed by atoms with E-state index in [1.54, 1.807) is 33.5 Å². The Bertz CT molecular complexity index is 1730. The molecular formula is C37H36N2O4. The molecule has 218 valence electrons. The lowest BCUT2D eigenvalue weighted by atomic mass is 9.76. The number of fused-ring (bicyclic) bond motifs is 3. The average Bonchev–Trinajstić information content (AvgIpc) is 3.45. The number of aromatic nitrogens is 1. The normalized spacial score (nSPS) is 16.2. The fraction of sp³-hybridized carbons (Fsp3) is 0.216. The number of methoxy groups -OCH3 is 3. The third-order valence-electron chi connectivity index (χ3n) is 8.40. The van der Waals surface area contributed by atoms with E-state index in [2.05, 4.69) is 77.1 Å². The van der Waals surface area contributed by atoms with Crippen molar-refractivity contribution in [2.75, 3.05) is 21.3 Å². The summed E-state index contributed by atoms with van der Waals surface area (Å²) in [6, 6.07) is 31.0. The first-order valence-corrected chi connectivity index (χ1v) is 14.6. The van der Waals surface area contributed by atoms with E-state index in [0.29, 0.717) is 36.6 Å².